The van der Waals surface area contributed by atoms with Crippen molar-refractivity contribution in [2.45, 2.75) is 20.5 Å². The summed E-state index contributed by atoms with van der Waals surface area (Å²) in [5.41, 5.74) is 2.84. The van der Waals surface area contributed by atoms with E-state index in [1.54, 1.807) is 18.4 Å². The second-order valence-electron chi connectivity index (χ2n) is 4.10. The summed E-state index contributed by atoms with van der Waals surface area (Å²) in [4.78, 5) is 11.6. The van der Waals surface area contributed by atoms with E-state index >= 15 is 0 Å². The molecule has 2 aromatic rings. The summed E-state index contributed by atoms with van der Waals surface area (Å²) >= 11 is 0. The number of anilines is 1. The third kappa shape index (κ3) is 3.13. The number of hydrogen-bond donors (Lipinski definition) is 1. The molecule has 1 aromatic heterocycles. The lowest BCUT2D eigenvalue weighted by molar-refractivity contribution is 0.146. The van der Waals surface area contributed by atoms with E-state index in [2.05, 4.69) is 5.32 Å². The van der Waals surface area contributed by atoms with E-state index in [1.807, 2.05) is 32.0 Å². The van der Waals surface area contributed by atoms with Gasteiger partial charge < -0.3 is 9.15 Å². The average molecular weight is 245 g/mol. The smallest absolute Gasteiger partial charge is 0.412 e. The van der Waals surface area contributed by atoms with Gasteiger partial charge in [-0.05, 0) is 43.2 Å². The van der Waals surface area contributed by atoms with Crippen molar-refractivity contribution in [1.29, 1.82) is 0 Å². The monoisotopic (exact) mass is 245 g/mol. The van der Waals surface area contributed by atoms with E-state index in [4.69, 9.17) is 9.15 Å². The number of carbonyl (C=O) groups excluding carboxylic acids is 1. The second kappa shape index (κ2) is 5.40. The van der Waals surface area contributed by atoms with Crippen LogP contribution in [0.2, 0.25) is 0 Å². The Morgan fingerprint density at radius 2 is 2.17 bits per heavy atom. The fraction of sp³-hybridized carbons (Fsp3) is 0.214. The van der Waals surface area contributed by atoms with Crippen molar-refractivity contribution < 1.29 is 13.9 Å². The van der Waals surface area contributed by atoms with Crippen LogP contribution in [0.15, 0.2) is 41.0 Å². The minimum absolute atomic E-state index is 0.129. The summed E-state index contributed by atoms with van der Waals surface area (Å²) in [7, 11) is 0. The van der Waals surface area contributed by atoms with Crippen LogP contribution in [0, 0.1) is 13.8 Å². The van der Waals surface area contributed by atoms with E-state index in [1.165, 1.54) is 0 Å². The van der Waals surface area contributed by atoms with Crippen LogP contribution in [0.1, 0.15) is 16.9 Å². The molecule has 0 fully saturated rings. The van der Waals surface area contributed by atoms with Gasteiger partial charge >= 0.3 is 6.09 Å². The molecule has 0 atom stereocenters. The summed E-state index contributed by atoms with van der Waals surface area (Å²) in [6.07, 6.45) is 1.06. The Kier molecular flexibility index (Phi) is 3.67. The minimum Gasteiger partial charge on any atom is -0.466 e. The molecule has 0 aliphatic heterocycles. The Hall–Kier alpha value is -2.23. The number of furan rings is 1. The quantitative estimate of drug-likeness (QED) is 0.898. The molecule has 18 heavy (non-hydrogen) atoms. The first-order valence-electron chi connectivity index (χ1n) is 5.68. The Bertz CT molecular complexity index is 532. The zero-order valence-electron chi connectivity index (χ0n) is 10.4. The molecule has 1 N–H and O–H groups in total. The molecule has 0 bridgehead atoms. The fourth-order valence-corrected chi connectivity index (χ4v) is 1.55. The van der Waals surface area contributed by atoms with E-state index < -0.39 is 6.09 Å². The highest BCUT2D eigenvalue weighted by atomic mass is 16.6. The number of carbonyl (C=O) groups is 1. The number of benzene rings is 1. The maximum Gasteiger partial charge on any atom is 0.412 e. The number of amides is 1. The highest BCUT2D eigenvalue weighted by Gasteiger charge is 2.07. The van der Waals surface area contributed by atoms with Crippen molar-refractivity contribution in [3.63, 3.8) is 0 Å². The highest BCUT2D eigenvalue weighted by molar-refractivity contribution is 5.85. The van der Waals surface area contributed by atoms with Crippen molar-refractivity contribution in [2.75, 3.05) is 5.32 Å². The van der Waals surface area contributed by atoms with Gasteiger partial charge in [0.05, 0.1) is 6.26 Å². The number of aryl methyl sites for hydroxylation is 2. The van der Waals surface area contributed by atoms with Crippen LogP contribution in [-0.4, -0.2) is 6.09 Å². The zero-order chi connectivity index (χ0) is 13.0. The molecule has 0 unspecified atom stereocenters. The van der Waals surface area contributed by atoms with Crippen molar-refractivity contribution in [1.82, 2.24) is 0 Å². The summed E-state index contributed by atoms with van der Waals surface area (Å²) in [6, 6.07) is 9.36. The molecular formula is C14H15NO3. The van der Waals surface area contributed by atoms with Gasteiger partial charge in [-0.1, -0.05) is 12.1 Å². The Morgan fingerprint density at radius 3 is 2.89 bits per heavy atom. The van der Waals surface area contributed by atoms with Crippen LogP contribution in [0.4, 0.5) is 10.5 Å². The molecule has 4 nitrogen and oxygen atoms in total. The Balaban J connectivity index is 1.92. The molecule has 4 heteroatoms. The van der Waals surface area contributed by atoms with E-state index in [9.17, 15) is 4.79 Å². The first kappa shape index (κ1) is 12.2. The molecule has 2 rings (SSSR count). The molecular weight excluding hydrogens is 230 g/mol. The minimum atomic E-state index is -0.486. The summed E-state index contributed by atoms with van der Waals surface area (Å²) < 4.78 is 10.1. The van der Waals surface area contributed by atoms with Gasteiger partial charge in [0.25, 0.3) is 0 Å². The van der Waals surface area contributed by atoms with Crippen LogP contribution in [0.5, 0.6) is 0 Å². The van der Waals surface area contributed by atoms with E-state index in [-0.39, 0.29) is 6.61 Å². The molecule has 0 saturated carbocycles. The maximum absolute atomic E-state index is 11.6. The van der Waals surface area contributed by atoms with Crippen molar-refractivity contribution >= 4 is 11.8 Å². The summed E-state index contributed by atoms with van der Waals surface area (Å²) in [6.45, 7) is 4.03. The summed E-state index contributed by atoms with van der Waals surface area (Å²) in [5, 5.41) is 2.71. The standard InChI is InChI=1S/C14H15NO3/c1-10-5-6-11(2)13(8-10)15-14(16)18-9-12-4-3-7-17-12/h3-8H,9H2,1-2H3,(H,15,16). The molecule has 0 aliphatic rings. The third-order valence-electron chi connectivity index (χ3n) is 2.56. The first-order chi connectivity index (χ1) is 8.65. The number of ether oxygens (including phenoxy) is 1. The van der Waals surface area contributed by atoms with Gasteiger partial charge in [-0.2, -0.15) is 0 Å². The van der Waals surface area contributed by atoms with Crippen LogP contribution < -0.4 is 5.32 Å². The molecule has 94 valence electrons. The van der Waals surface area contributed by atoms with Crippen molar-refractivity contribution in [3.05, 3.63) is 53.5 Å². The number of nitrogens with one attached hydrogen (secondary N) is 1. The lowest BCUT2D eigenvalue weighted by atomic mass is 10.1. The Morgan fingerprint density at radius 1 is 1.33 bits per heavy atom. The zero-order valence-corrected chi connectivity index (χ0v) is 10.4. The number of hydrogen-bond acceptors (Lipinski definition) is 3. The SMILES string of the molecule is Cc1ccc(C)c(NC(=O)OCc2ccco2)c1. The molecule has 0 aliphatic carbocycles. The summed E-state index contributed by atoms with van der Waals surface area (Å²) in [5.74, 6) is 0.617. The molecule has 0 radical (unpaired) electrons. The van der Waals surface area contributed by atoms with Gasteiger partial charge in [-0.25, -0.2) is 4.79 Å². The third-order valence-corrected chi connectivity index (χ3v) is 2.56. The molecule has 1 amide bonds. The highest BCUT2D eigenvalue weighted by Crippen LogP contribution is 2.16. The van der Waals surface area contributed by atoms with Gasteiger partial charge in [0, 0.05) is 5.69 Å². The van der Waals surface area contributed by atoms with Crippen LogP contribution in [0.3, 0.4) is 0 Å². The van der Waals surface area contributed by atoms with Gasteiger partial charge in [0.1, 0.15) is 5.76 Å². The molecule has 1 aromatic carbocycles. The normalized spacial score (nSPS) is 10.1. The van der Waals surface area contributed by atoms with Gasteiger partial charge in [0.2, 0.25) is 0 Å². The van der Waals surface area contributed by atoms with Crippen molar-refractivity contribution in [2.24, 2.45) is 0 Å². The maximum atomic E-state index is 11.6. The lowest BCUT2D eigenvalue weighted by Gasteiger charge is -2.09. The molecule has 1 heterocycles. The largest absolute Gasteiger partial charge is 0.466 e. The van der Waals surface area contributed by atoms with Gasteiger partial charge in [-0.15, -0.1) is 0 Å². The predicted molar refractivity (Wildman–Crippen MR) is 68.4 cm³/mol. The molecule has 0 spiro atoms. The fourth-order valence-electron chi connectivity index (χ4n) is 1.55. The average Bonchev–Trinajstić information content (AvgIpc) is 2.84. The molecule has 0 saturated heterocycles. The van der Waals surface area contributed by atoms with Gasteiger partial charge in [-0.3, -0.25) is 5.32 Å². The Labute approximate surface area is 106 Å². The van der Waals surface area contributed by atoms with Crippen LogP contribution in [-0.2, 0) is 11.3 Å². The first-order valence-corrected chi connectivity index (χ1v) is 5.68. The second-order valence-corrected chi connectivity index (χ2v) is 4.10. The van der Waals surface area contributed by atoms with Crippen LogP contribution >= 0.6 is 0 Å². The van der Waals surface area contributed by atoms with E-state index in [0.29, 0.717) is 5.76 Å². The number of rotatable bonds is 3. The lowest BCUT2D eigenvalue weighted by Crippen LogP contribution is -2.14. The van der Waals surface area contributed by atoms with Crippen molar-refractivity contribution in [3.8, 4) is 0 Å². The van der Waals surface area contributed by atoms with Gasteiger partial charge in [0.15, 0.2) is 6.61 Å². The predicted octanol–water partition coefficient (Wildman–Crippen LogP) is 3.65. The topological polar surface area (TPSA) is 51.5 Å². The van der Waals surface area contributed by atoms with E-state index in [0.717, 1.165) is 16.8 Å². The van der Waals surface area contributed by atoms with Crippen LogP contribution in [0.25, 0.3) is 0 Å².